The molecular weight excluding hydrogens is 308 g/mol. The molecule has 1 aromatic rings. The lowest BCUT2D eigenvalue weighted by atomic mass is 9.92. The van der Waals surface area contributed by atoms with Gasteiger partial charge >= 0.3 is 0 Å². The SMILES string of the molecule is Cc1nc(CN2CCC(C(=O)NC3(CN)CCCC3)CC2)cs1. The quantitative estimate of drug-likeness (QED) is 0.863. The molecule has 0 spiro atoms. The van der Waals surface area contributed by atoms with Crippen molar-refractivity contribution in [1.82, 2.24) is 15.2 Å². The fourth-order valence-corrected chi connectivity index (χ4v) is 4.46. The summed E-state index contributed by atoms with van der Waals surface area (Å²) >= 11 is 1.70. The van der Waals surface area contributed by atoms with E-state index in [0.29, 0.717) is 6.54 Å². The molecule has 23 heavy (non-hydrogen) atoms. The number of likely N-dealkylation sites (tertiary alicyclic amines) is 1. The third-order valence-electron chi connectivity index (χ3n) is 5.35. The number of nitrogens with one attached hydrogen (secondary N) is 1. The lowest BCUT2D eigenvalue weighted by Gasteiger charge is -2.34. The number of rotatable bonds is 5. The molecule has 2 aliphatic rings. The Morgan fingerprint density at radius 2 is 2.13 bits per heavy atom. The van der Waals surface area contributed by atoms with Gasteiger partial charge in [0.05, 0.1) is 16.2 Å². The number of hydrogen-bond acceptors (Lipinski definition) is 5. The molecule has 5 nitrogen and oxygen atoms in total. The lowest BCUT2D eigenvalue weighted by molar-refractivity contribution is -0.128. The molecular formula is C17H28N4OS. The van der Waals surface area contributed by atoms with Gasteiger partial charge in [-0.1, -0.05) is 12.8 Å². The monoisotopic (exact) mass is 336 g/mol. The number of nitrogens with two attached hydrogens (primary N) is 1. The molecule has 1 saturated heterocycles. The molecule has 0 atom stereocenters. The topological polar surface area (TPSA) is 71.2 Å². The zero-order valence-corrected chi connectivity index (χ0v) is 14.8. The van der Waals surface area contributed by atoms with E-state index in [1.807, 2.05) is 6.92 Å². The fourth-order valence-electron chi connectivity index (χ4n) is 3.86. The summed E-state index contributed by atoms with van der Waals surface area (Å²) in [6, 6.07) is 0. The fraction of sp³-hybridized carbons (Fsp3) is 0.765. The van der Waals surface area contributed by atoms with Gasteiger partial charge in [-0.15, -0.1) is 11.3 Å². The second-order valence-corrected chi connectivity index (χ2v) is 8.15. The Labute approximate surface area is 142 Å². The van der Waals surface area contributed by atoms with E-state index in [0.717, 1.165) is 56.0 Å². The molecule has 6 heteroatoms. The first-order chi connectivity index (χ1) is 11.1. The summed E-state index contributed by atoms with van der Waals surface area (Å²) in [6.45, 7) is 5.47. The molecule has 1 aromatic heterocycles. The number of amides is 1. The number of aryl methyl sites for hydroxylation is 1. The van der Waals surface area contributed by atoms with Gasteiger partial charge in [-0.25, -0.2) is 4.98 Å². The van der Waals surface area contributed by atoms with Gasteiger partial charge in [-0.05, 0) is 45.7 Å². The molecule has 3 N–H and O–H groups in total. The van der Waals surface area contributed by atoms with E-state index < -0.39 is 0 Å². The molecule has 1 saturated carbocycles. The van der Waals surface area contributed by atoms with E-state index in [-0.39, 0.29) is 17.4 Å². The van der Waals surface area contributed by atoms with Crippen LogP contribution < -0.4 is 11.1 Å². The van der Waals surface area contributed by atoms with Crippen molar-refractivity contribution in [3.8, 4) is 0 Å². The van der Waals surface area contributed by atoms with Crippen LogP contribution in [-0.4, -0.2) is 41.0 Å². The Balaban J connectivity index is 1.47. The minimum Gasteiger partial charge on any atom is -0.349 e. The summed E-state index contributed by atoms with van der Waals surface area (Å²) in [7, 11) is 0. The van der Waals surface area contributed by atoms with Gasteiger partial charge in [0.1, 0.15) is 0 Å². The van der Waals surface area contributed by atoms with Gasteiger partial charge in [-0.3, -0.25) is 9.69 Å². The van der Waals surface area contributed by atoms with Crippen molar-refractivity contribution in [2.24, 2.45) is 11.7 Å². The smallest absolute Gasteiger partial charge is 0.223 e. The summed E-state index contributed by atoms with van der Waals surface area (Å²) < 4.78 is 0. The molecule has 1 aliphatic heterocycles. The summed E-state index contributed by atoms with van der Waals surface area (Å²) in [4.78, 5) is 19.5. The molecule has 2 heterocycles. The molecule has 1 amide bonds. The molecule has 0 unspecified atom stereocenters. The van der Waals surface area contributed by atoms with Gasteiger partial charge in [0.15, 0.2) is 0 Å². The minimum absolute atomic E-state index is 0.119. The molecule has 0 bridgehead atoms. The average molecular weight is 337 g/mol. The zero-order chi connectivity index (χ0) is 16.3. The van der Waals surface area contributed by atoms with Gasteiger partial charge in [0.25, 0.3) is 0 Å². The maximum atomic E-state index is 12.6. The number of carbonyl (C=O) groups is 1. The number of thiazole rings is 1. The molecule has 3 rings (SSSR count). The van der Waals surface area contributed by atoms with Crippen molar-refractivity contribution in [2.45, 2.75) is 57.5 Å². The average Bonchev–Trinajstić information content (AvgIpc) is 3.18. The Kier molecular flexibility index (Phi) is 5.34. The first-order valence-electron chi connectivity index (χ1n) is 8.76. The first-order valence-corrected chi connectivity index (χ1v) is 9.64. The first kappa shape index (κ1) is 16.9. The van der Waals surface area contributed by atoms with E-state index in [2.05, 4.69) is 20.6 Å². The van der Waals surface area contributed by atoms with Crippen LogP contribution in [0.3, 0.4) is 0 Å². The van der Waals surface area contributed by atoms with Crippen molar-refractivity contribution in [3.63, 3.8) is 0 Å². The van der Waals surface area contributed by atoms with Gasteiger partial charge < -0.3 is 11.1 Å². The standard InChI is InChI=1S/C17H28N4OS/c1-13-19-15(11-23-13)10-21-8-4-14(5-9-21)16(22)20-17(12-18)6-2-3-7-17/h11,14H,2-10,12,18H2,1H3,(H,20,22). The van der Waals surface area contributed by atoms with Crippen LogP contribution in [0.15, 0.2) is 5.38 Å². The van der Waals surface area contributed by atoms with Crippen LogP contribution in [0.25, 0.3) is 0 Å². The van der Waals surface area contributed by atoms with Gasteiger partial charge in [0, 0.05) is 24.4 Å². The third kappa shape index (κ3) is 4.11. The second kappa shape index (κ2) is 7.28. The van der Waals surface area contributed by atoms with E-state index in [4.69, 9.17) is 5.73 Å². The highest BCUT2D eigenvalue weighted by atomic mass is 32.1. The summed E-state index contributed by atoms with van der Waals surface area (Å²) in [5, 5.41) is 6.55. The molecule has 1 aliphatic carbocycles. The summed E-state index contributed by atoms with van der Waals surface area (Å²) in [5.74, 6) is 0.369. The predicted octanol–water partition coefficient (Wildman–Crippen LogP) is 2.05. The van der Waals surface area contributed by atoms with Gasteiger partial charge in [0.2, 0.25) is 5.91 Å². The maximum absolute atomic E-state index is 12.6. The highest BCUT2D eigenvalue weighted by Gasteiger charge is 2.36. The summed E-state index contributed by atoms with van der Waals surface area (Å²) in [5.41, 5.74) is 6.96. The Morgan fingerprint density at radius 1 is 1.43 bits per heavy atom. The normalized spacial score (nSPS) is 22.3. The van der Waals surface area contributed by atoms with Crippen molar-refractivity contribution in [2.75, 3.05) is 19.6 Å². The lowest BCUT2D eigenvalue weighted by Crippen LogP contribution is -2.54. The number of nitrogens with zero attached hydrogens (tertiary/aromatic N) is 2. The zero-order valence-electron chi connectivity index (χ0n) is 14.0. The highest BCUT2D eigenvalue weighted by Crippen LogP contribution is 2.30. The van der Waals surface area contributed by atoms with E-state index >= 15 is 0 Å². The van der Waals surface area contributed by atoms with E-state index in [1.165, 1.54) is 12.8 Å². The van der Waals surface area contributed by atoms with Crippen LogP contribution in [-0.2, 0) is 11.3 Å². The molecule has 0 radical (unpaired) electrons. The van der Waals surface area contributed by atoms with Crippen LogP contribution in [0.2, 0.25) is 0 Å². The number of aromatic nitrogens is 1. The van der Waals surface area contributed by atoms with Crippen LogP contribution in [0.5, 0.6) is 0 Å². The van der Waals surface area contributed by atoms with Crippen molar-refractivity contribution in [1.29, 1.82) is 0 Å². The maximum Gasteiger partial charge on any atom is 0.223 e. The largest absolute Gasteiger partial charge is 0.349 e. The molecule has 0 aromatic carbocycles. The number of hydrogen-bond donors (Lipinski definition) is 2. The summed E-state index contributed by atoms with van der Waals surface area (Å²) in [6.07, 6.45) is 6.33. The Bertz CT molecular complexity index is 530. The van der Waals surface area contributed by atoms with Crippen LogP contribution >= 0.6 is 11.3 Å². The van der Waals surface area contributed by atoms with Crippen molar-refractivity contribution in [3.05, 3.63) is 16.1 Å². The second-order valence-electron chi connectivity index (χ2n) is 7.09. The van der Waals surface area contributed by atoms with Crippen LogP contribution in [0.4, 0.5) is 0 Å². The molecule has 128 valence electrons. The van der Waals surface area contributed by atoms with Crippen LogP contribution in [0.1, 0.15) is 49.2 Å². The Morgan fingerprint density at radius 3 is 2.70 bits per heavy atom. The Hall–Kier alpha value is -0.980. The third-order valence-corrected chi connectivity index (χ3v) is 6.17. The van der Waals surface area contributed by atoms with Gasteiger partial charge in [-0.2, -0.15) is 0 Å². The van der Waals surface area contributed by atoms with E-state index in [1.54, 1.807) is 11.3 Å². The van der Waals surface area contributed by atoms with Crippen molar-refractivity contribution < 1.29 is 4.79 Å². The molecule has 2 fully saturated rings. The number of carbonyl (C=O) groups excluding carboxylic acids is 1. The number of piperidine rings is 1. The highest BCUT2D eigenvalue weighted by molar-refractivity contribution is 7.09. The minimum atomic E-state index is -0.119. The predicted molar refractivity (Wildman–Crippen MR) is 93.2 cm³/mol. The van der Waals surface area contributed by atoms with Crippen molar-refractivity contribution >= 4 is 17.2 Å². The van der Waals surface area contributed by atoms with Crippen LogP contribution in [0, 0.1) is 12.8 Å². The van der Waals surface area contributed by atoms with E-state index in [9.17, 15) is 4.79 Å².